The van der Waals surface area contributed by atoms with Crippen molar-refractivity contribution in [2.24, 2.45) is 0 Å². The third kappa shape index (κ3) is 59.6. The van der Waals surface area contributed by atoms with Crippen LogP contribution in [0.5, 0.6) is 0 Å². The molecule has 0 aliphatic heterocycles. The van der Waals surface area contributed by atoms with E-state index in [1.807, 2.05) is 6.08 Å². The van der Waals surface area contributed by atoms with Crippen molar-refractivity contribution in [1.29, 1.82) is 0 Å². The summed E-state index contributed by atoms with van der Waals surface area (Å²) >= 11 is 0. The van der Waals surface area contributed by atoms with E-state index in [4.69, 9.17) is 4.74 Å². The number of hydrogen-bond donors (Lipinski definition) is 3. The molecule has 2 atom stereocenters. The molecule has 0 saturated carbocycles. The fourth-order valence-corrected chi connectivity index (χ4v) is 10.6. The van der Waals surface area contributed by atoms with Gasteiger partial charge in [0.15, 0.2) is 0 Å². The molecule has 0 radical (unpaired) electrons. The summed E-state index contributed by atoms with van der Waals surface area (Å²) in [6.45, 7) is 4.93. The van der Waals surface area contributed by atoms with Crippen LogP contribution in [0.1, 0.15) is 373 Å². The van der Waals surface area contributed by atoms with Gasteiger partial charge in [0.05, 0.1) is 25.4 Å². The number of unbranched alkanes of at least 4 members (excludes halogenated alkanes) is 50. The second kappa shape index (κ2) is 63.9. The van der Waals surface area contributed by atoms with E-state index in [1.54, 1.807) is 6.08 Å². The molecule has 0 saturated heterocycles. The Morgan fingerprint density at radius 2 is 0.635 bits per heavy atom. The van der Waals surface area contributed by atoms with Crippen LogP contribution in [0.3, 0.4) is 0 Å². The first kappa shape index (κ1) is 72.3. The second-order valence-electron chi connectivity index (χ2n) is 23.2. The van der Waals surface area contributed by atoms with Crippen LogP contribution in [-0.4, -0.2) is 47.4 Å². The van der Waals surface area contributed by atoms with E-state index >= 15 is 0 Å². The Morgan fingerprint density at radius 1 is 0.365 bits per heavy atom. The van der Waals surface area contributed by atoms with Gasteiger partial charge in [0.25, 0.3) is 0 Å². The van der Waals surface area contributed by atoms with Crippen LogP contribution >= 0.6 is 0 Å². The molecule has 74 heavy (non-hydrogen) atoms. The molecule has 0 spiro atoms. The zero-order valence-corrected chi connectivity index (χ0v) is 50.1. The van der Waals surface area contributed by atoms with E-state index < -0.39 is 12.1 Å². The van der Waals surface area contributed by atoms with E-state index in [9.17, 15) is 19.8 Å². The fourth-order valence-electron chi connectivity index (χ4n) is 10.6. The van der Waals surface area contributed by atoms with Crippen molar-refractivity contribution in [2.75, 3.05) is 13.2 Å². The highest BCUT2D eigenvalue weighted by Gasteiger charge is 2.18. The third-order valence-electron chi connectivity index (χ3n) is 15.7. The van der Waals surface area contributed by atoms with Crippen LogP contribution in [-0.2, 0) is 14.3 Å². The van der Waals surface area contributed by atoms with Gasteiger partial charge in [0, 0.05) is 12.8 Å². The van der Waals surface area contributed by atoms with Crippen LogP contribution in [0.4, 0.5) is 0 Å². The van der Waals surface area contributed by atoms with Crippen LogP contribution in [0.15, 0.2) is 24.3 Å². The van der Waals surface area contributed by atoms with Crippen molar-refractivity contribution >= 4 is 11.9 Å². The van der Waals surface area contributed by atoms with E-state index in [0.29, 0.717) is 19.4 Å². The monoisotopic (exact) mass is 1040 g/mol. The lowest BCUT2D eigenvalue weighted by Crippen LogP contribution is -2.45. The van der Waals surface area contributed by atoms with Crippen molar-refractivity contribution in [2.45, 2.75) is 386 Å². The molecule has 0 aliphatic rings. The lowest BCUT2D eigenvalue weighted by Gasteiger charge is -2.20. The van der Waals surface area contributed by atoms with Crippen LogP contribution in [0.25, 0.3) is 0 Å². The largest absolute Gasteiger partial charge is 0.466 e. The van der Waals surface area contributed by atoms with Crippen LogP contribution in [0, 0.1) is 0 Å². The Bertz CT molecular complexity index is 1150. The summed E-state index contributed by atoms with van der Waals surface area (Å²) in [6, 6.07) is -0.629. The average Bonchev–Trinajstić information content (AvgIpc) is 3.40. The minimum absolute atomic E-state index is 0.0151. The number of esters is 1. The van der Waals surface area contributed by atoms with E-state index in [1.165, 1.54) is 308 Å². The summed E-state index contributed by atoms with van der Waals surface area (Å²) in [4.78, 5) is 24.5. The van der Waals surface area contributed by atoms with Crippen molar-refractivity contribution in [3.05, 3.63) is 24.3 Å². The second-order valence-corrected chi connectivity index (χ2v) is 23.2. The van der Waals surface area contributed by atoms with Crippen molar-refractivity contribution in [3.63, 3.8) is 0 Å². The maximum absolute atomic E-state index is 12.5. The highest BCUT2D eigenvalue weighted by molar-refractivity contribution is 5.76. The van der Waals surface area contributed by atoms with E-state index in [-0.39, 0.29) is 18.5 Å². The van der Waals surface area contributed by atoms with Gasteiger partial charge < -0.3 is 20.3 Å². The molecule has 3 N–H and O–H groups in total. The van der Waals surface area contributed by atoms with Gasteiger partial charge in [0.2, 0.25) is 5.91 Å². The number of nitrogens with one attached hydrogen (secondary N) is 1. The van der Waals surface area contributed by atoms with Crippen LogP contribution in [0.2, 0.25) is 0 Å². The van der Waals surface area contributed by atoms with Crippen molar-refractivity contribution in [3.8, 4) is 0 Å². The third-order valence-corrected chi connectivity index (χ3v) is 15.7. The zero-order chi connectivity index (χ0) is 53.6. The van der Waals surface area contributed by atoms with Crippen LogP contribution < -0.4 is 5.32 Å². The smallest absolute Gasteiger partial charge is 0.305 e. The summed E-state index contributed by atoms with van der Waals surface area (Å²) in [5, 5.41) is 23.2. The first-order chi connectivity index (χ1) is 36.5. The maximum atomic E-state index is 12.5. The summed E-state index contributed by atoms with van der Waals surface area (Å²) < 4.78 is 5.48. The standard InChI is InChI=1S/C68H131NO5/c1-3-5-7-9-11-13-15-17-18-19-28-31-34-37-40-44-48-52-56-60-66(71)65(64-70)69-67(72)61-57-53-49-45-41-38-35-32-29-26-24-22-20-21-23-25-27-30-33-36-39-43-47-51-55-59-63-74-68(73)62-58-54-50-46-42-16-14-12-10-8-6-4-2/h20,22,56,60,65-66,70-71H,3-19,21,23-55,57-59,61-64H2,1-2H3,(H,69,72)/b22-20-,60-56+. The highest BCUT2D eigenvalue weighted by atomic mass is 16.5. The molecule has 0 rings (SSSR count). The lowest BCUT2D eigenvalue weighted by atomic mass is 10.0. The van der Waals surface area contributed by atoms with Gasteiger partial charge in [-0.15, -0.1) is 0 Å². The zero-order valence-electron chi connectivity index (χ0n) is 50.1. The number of amides is 1. The number of allylic oxidation sites excluding steroid dienone is 3. The molecule has 0 bridgehead atoms. The molecule has 0 aromatic carbocycles. The SMILES string of the molecule is CCCCCCCCCCCCCCCCCCC/C=C/C(O)C(CO)NC(=O)CCCCCCCCCCCC/C=C\CCCCCCCCCCCCCCOC(=O)CCCCCCCCCCCCCC. The Labute approximate surface area is 462 Å². The normalized spacial score (nSPS) is 12.6. The fraction of sp³-hybridized carbons (Fsp3) is 0.912. The molecule has 0 aliphatic carbocycles. The summed E-state index contributed by atoms with van der Waals surface area (Å²) in [7, 11) is 0. The molecule has 6 heteroatoms. The number of carbonyl (C=O) groups is 2. The van der Waals surface area contributed by atoms with E-state index in [0.717, 1.165) is 38.5 Å². The summed E-state index contributed by atoms with van der Waals surface area (Å²) in [5.41, 5.74) is 0. The first-order valence-electron chi connectivity index (χ1n) is 33.6. The van der Waals surface area contributed by atoms with Gasteiger partial charge in [-0.3, -0.25) is 9.59 Å². The van der Waals surface area contributed by atoms with Gasteiger partial charge in [-0.1, -0.05) is 327 Å². The molecule has 0 fully saturated rings. The summed E-state index contributed by atoms with van der Waals surface area (Å²) in [5.74, 6) is -0.0514. The molecule has 6 nitrogen and oxygen atoms in total. The highest BCUT2D eigenvalue weighted by Crippen LogP contribution is 2.18. The Kier molecular flexibility index (Phi) is 62.4. The average molecular weight is 1040 g/mol. The van der Waals surface area contributed by atoms with Crippen molar-refractivity contribution < 1.29 is 24.5 Å². The number of hydrogen-bond acceptors (Lipinski definition) is 5. The topological polar surface area (TPSA) is 95.9 Å². The number of aliphatic hydroxyl groups excluding tert-OH is 2. The predicted molar refractivity (Wildman–Crippen MR) is 324 cm³/mol. The van der Waals surface area contributed by atoms with Gasteiger partial charge in [-0.05, 0) is 57.8 Å². The molecule has 0 aromatic rings. The first-order valence-corrected chi connectivity index (χ1v) is 33.6. The number of ether oxygens (including phenoxy) is 1. The Morgan fingerprint density at radius 3 is 0.959 bits per heavy atom. The minimum atomic E-state index is -0.846. The molecular weight excluding hydrogens is 911 g/mol. The predicted octanol–water partition coefficient (Wildman–Crippen LogP) is 21.4. The van der Waals surface area contributed by atoms with Gasteiger partial charge in [-0.25, -0.2) is 0 Å². The quantitative estimate of drug-likeness (QED) is 0.0320. The summed E-state index contributed by atoms with van der Waals surface area (Å²) in [6.07, 6.45) is 79.5. The Balaban J connectivity index is 3.42. The molecule has 438 valence electrons. The number of aliphatic hydroxyl groups is 2. The molecule has 1 amide bonds. The van der Waals surface area contributed by atoms with E-state index in [2.05, 4.69) is 31.3 Å². The van der Waals surface area contributed by atoms with Gasteiger partial charge in [0.1, 0.15) is 0 Å². The number of rotatable bonds is 63. The molecule has 0 heterocycles. The molecule has 2 unspecified atom stereocenters. The Hall–Kier alpha value is -1.66. The maximum Gasteiger partial charge on any atom is 0.305 e. The minimum Gasteiger partial charge on any atom is -0.466 e. The van der Waals surface area contributed by atoms with Gasteiger partial charge in [-0.2, -0.15) is 0 Å². The van der Waals surface area contributed by atoms with Crippen molar-refractivity contribution in [1.82, 2.24) is 5.32 Å². The number of carbonyl (C=O) groups excluding carboxylic acids is 2. The van der Waals surface area contributed by atoms with Gasteiger partial charge >= 0.3 is 5.97 Å². The lowest BCUT2D eigenvalue weighted by molar-refractivity contribution is -0.143. The molecule has 0 aromatic heterocycles. The molecular formula is C68H131NO5.